The number of nitrogens with two attached hydrogens (primary N) is 2. The largest absolute Gasteiger partial charge is 0.368 e. The maximum absolute atomic E-state index is 12.9. The van der Waals surface area contributed by atoms with Crippen LogP contribution in [0.1, 0.15) is 25.5 Å². The van der Waals surface area contributed by atoms with Crippen LogP contribution in [0.3, 0.4) is 0 Å². The lowest BCUT2D eigenvalue weighted by Gasteiger charge is -2.17. The van der Waals surface area contributed by atoms with E-state index in [0.717, 1.165) is 17.3 Å². The molecule has 1 amide bonds. The van der Waals surface area contributed by atoms with E-state index in [4.69, 9.17) is 11.5 Å². The summed E-state index contributed by atoms with van der Waals surface area (Å²) in [5.41, 5.74) is 11.8. The number of amides is 1. The number of aromatic nitrogens is 3. The number of carbonyl (C=O) groups excluding carboxylic acids is 1. The molecule has 0 aliphatic heterocycles. The standard InChI is InChI=1S/C14H17FN6OS/c1-7(9-3-5-10(15)6-4-9)18-11(22)8(2)23-14-20-12(16)19-13(17)21-14/h3-8H,1-2H3,(H,18,22)(H4,16,17,19,20,21)/t7-,8-/m0/s1. The Kier molecular flexibility index (Phi) is 5.32. The minimum atomic E-state index is -0.459. The summed E-state index contributed by atoms with van der Waals surface area (Å²) in [6.45, 7) is 3.54. The average Bonchev–Trinajstić information content (AvgIpc) is 2.46. The number of hydrogen-bond acceptors (Lipinski definition) is 7. The number of thioether (sulfide) groups is 1. The first-order valence-corrected chi connectivity index (χ1v) is 7.72. The molecule has 0 fully saturated rings. The lowest BCUT2D eigenvalue weighted by Crippen LogP contribution is -2.33. The molecular weight excluding hydrogens is 319 g/mol. The average molecular weight is 336 g/mol. The number of rotatable bonds is 5. The van der Waals surface area contributed by atoms with Crippen molar-refractivity contribution in [2.75, 3.05) is 11.5 Å². The van der Waals surface area contributed by atoms with E-state index in [1.165, 1.54) is 12.1 Å². The molecule has 7 nitrogen and oxygen atoms in total. The summed E-state index contributed by atoms with van der Waals surface area (Å²) in [4.78, 5) is 23.7. The number of hydrogen-bond donors (Lipinski definition) is 3. The van der Waals surface area contributed by atoms with Crippen molar-refractivity contribution in [2.24, 2.45) is 0 Å². The van der Waals surface area contributed by atoms with E-state index in [9.17, 15) is 9.18 Å². The molecular formula is C14H17FN6OS. The third-order valence-electron chi connectivity index (χ3n) is 3.03. The van der Waals surface area contributed by atoms with Crippen LogP contribution in [0.4, 0.5) is 16.3 Å². The molecule has 0 aliphatic carbocycles. The summed E-state index contributed by atoms with van der Waals surface area (Å²) in [5.74, 6) is -0.509. The number of benzene rings is 1. The minimum absolute atomic E-state index is 0.00675. The van der Waals surface area contributed by atoms with Crippen LogP contribution in [0.2, 0.25) is 0 Å². The number of nitrogens with one attached hydrogen (secondary N) is 1. The van der Waals surface area contributed by atoms with Crippen molar-refractivity contribution >= 4 is 29.6 Å². The topological polar surface area (TPSA) is 120 Å². The van der Waals surface area contributed by atoms with E-state index in [-0.39, 0.29) is 34.8 Å². The van der Waals surface area contributed by atoms with Crippen LogP contribution in [0.5, 0.6) is 0 Å². The fraction of sp³-hybridized carbons (Fsp3) is 0.286. The Morgan fingerprint density at radius 2 is 1.70 bits per heavy atom. The molecule has 0 unspecified atom stereocenters. The highest BCUT2D eigenvalue weighted by Gasteiger charge is 2.19. The molecule has 0 spiro atoms. The normalized spacial score (nSPS) is 13.3. The first-order chi connectivity index (χ1) is 10.8. The fourth-order valence-electron chi connectivity index (χ4n) is 1.82. The number of nitrogens with zero attached hydrogens (tertiary/aromatic N) is 3. The molecule has 2 atom stereocenters. The van der Waals surface area contributed by atoms with E-state index < -0.39 is 5.25 Å². The van der Waals surface area contributed by atoms with E-state index in [0.29, 0.717) is 0 Å². The minimum Gasteiger partial charge on any atom is -0.368 e. The van der Waals surface area contributed by atoms with E-state index in [1.54, 1.807) is 19.1 Å². The molecule has 2 aromatic rings. The Balaban J connectivity index is 1.97. The van der Waals surface area contributed by atoms with Gasteiger partial charge in [0.1, 0.15) is 5.82 Å². The second-order valence-electron chi connectivity index (χ2n) is 4.88. The SMILES string of the molecule is C[C@H](Sc1nc(N)nc(N)n1)C(=O)N[C@@H](C)c1ccc(F)cc1. The van der Waals surface area contributed by atoms with E-state index in [1.807, 2.05) is 6.92 Å². The van der Waals surface area contributed by atoms with Gasteiger partial charge < -0.3 is 16.8 Å². The molecule has 0 saturated heterocycles. The van der Waals surface area contributed by atoms with E-state index in [2.05, 4.69) is 20.3 Å². The van der Waals surface area contributed by atoms with Gasteiger partial charge >= 0.3 is 0 Å². The summed E-state index contributed by atoms with van der Waals surface area (Å²) in [6, 6.07) is 5.72. The number of anilines is 2. The van der Waals surface area contributed by atoms with Gasteiger partial charge in [-0.1, -0.05) is 23.9 Å². The second-order valence-corrected chi connectivity index (χ2v) is 6.18. The van der Waals surface area contributed by atoms with Crippen LogP contribution in [-0.2, 0) is 4.79 Å². The zero-order valence-electron chi connectivity index (χ0n) is 12.7. The lowest BCUT2D eigenvalue weighted by atomic mass is 10.1. The monoisotopic (exact) mass is 336 g/mol. The highest BCUT2D eigenvalue weighted by atomic mass is 32.2. The smallest absolute Gasteiger partial charge is 0.233 e. The predicted octanol–water partition coefficient (Wildman–Crippen LogP) is 1.53. The van der Waals surface area contributed by atoms with Crippen LogP contribution in [0.15, 0.2) is 29.4 Å². The first kappa shape index (κ1) is 16.9. The van der Waals surface area contributed by atoms with Gasteiger partial charge in [0.25, 0.3) is 0 Å². The zero-order chi connectivity index (χ0) is 17.0. The van der Waals surface area contributed by atoms with Gasteiger partial charge in [-0.3, -0.25) is 4.79 Å². The Morgan fingerprint density at radius 1 is 1.13 bits per heavy atom. The van der Waals surface area contributed by atoms with Crippen molar-refractivity contribution in [2.45, 2.75) is 30.3 Å². The van der Waals surface area contributed by atoms with Gasteiger partial charge in [-0.05, 0) is 31.5 Å². The van der Waals surface area contributed by atoms with Crippen molar-refractivity contribution in [3.63, 3.8) is 0 Å². The predicted molar refractivity (Wildman–Crippen MR) is 86.9 cm³/mol. The van der Waals surface area contributed by atoms with Crippen LogP contribution >= 0.6 is 11.8 Å². The number of nitrogen functional groups attached to an aromatic ring is 2. The van der Waals surface area contributed by atoms with Gasteiger partial charge in [0.2, 0.25) is 17.8 Å². The molecule has 9 heteroatoms. The van der Waals surface area contributed by atoms with Gasteiger partial charge in [-0.25, -0.2) is 4.39 Å². The third-order valence-corrected chi connectivity index (χ3v) is 3.99. The summed E-state index contributed by atoms with van der Waals surface area (Å²) < 4.78 is 12.9. The van der Waals surface area contributed by atoms with E-state index >= 15 is 0 Å². The van der Waals surface area contributed by atoms with Gasteiger partial charge in [-0.2, -0.15) is 15.0 Å². The summed E-state index contributed by atoms with van der Waals surface area (Å²) in [6.07, 6.45) is 0. The van der Waals surface area contributed by atoms with Crippen molar-refractivity contribution in [1.29, 1.82) is 0 Å². The molecule has 122 valence electrons. The Hall–Kier alpha value is -2.42. The van der Waals surface area contributed by atoms with Crippen molar-refractivity contribution in [3.05, 3.63) is 35.6 Å². The fourth-order valence-corrected chi connectivity index (χ4v) is 2.60. The lowest BCUT2D eigenvalue weighted by molar-refractivity contribution is -0.120. The highest BCUT2D eigenvalue weighted by molar-refractivity contribution is 8.00. The zero-order valence-corrected chi connectivity index (χ0v) is 13.5. The van der Waals surface area contributed by atoms with Crippen LogP contribution in [0, 0.1) is 5.82 Å². The Labute approximate surface area is 137 Å². The molecule has 1 aromatic carbocycles. The van der Waals surface area contributed by atoms with Crippen molar-refractivity contribution in [3.8, 4) is 0 Å². The van der Waals surface area contributed by atoms with Crippen molar-refractivity contribution < 1.29 is 9.18 Å². The molecule has 1 aromatic heterocycles. The summed E-state index contributed by atoms with van der Waals surface area (Å²) in [7, 11) is 0. The third kappa shape index (κ3) is 4.78. The van der Waals surface area contributed by atoms with Crippen LogP contribution in [0.25, 0.3) is 0 Å². The molecule has 1 heterocycles. The van der Waals surface area contributed by atoms with Crippen molar-refractivity contribution in [1.82, 2.24) is 20.3 Å². The quantitative estimate of drug-likeness (QED) is 0.708. The van der Waals surface area contributed by atoms with Gasteiger partial charge in [-0.15, -0.1) is 0 Å². The first-order valence-electron chi connectivity index (χ1n) is 6.84. The second kappa shape index (κ2) is 7.23. The summed E-state index contributed by atoms with van der Waals surface area (Å²) in [5, 5.41) is 2.67. The van der Waals surface area contributed by atoms with Crippen LogP contribution < -0.4 is 16.8 Å². The molecule has 0 bridgehead atoms. The molecule has 5 N–H and O–H groups in total. The molecule has 23 heavy (non-hydrogen) atoms. The van der Waals surface area contributed by atoms with Gasteiger partial charge in [0.15, 0.2) is 5.16 Å². The van der Waals surface area contributed by atoms with Gasteiger partial charge in [0, 0.05) is 0 Å². The van der Waals surface area contributed by atoms with Gasteiger partial charge in [0.05, 0.1) is 11.3 Å². The Bertz CT molecular complexity index is 676. The molecule has 2 rings (SSSR count). The molecule has 0 saturated carbocycles. The van der Waals surface area contributed by atoms with Crippen LogP contribution in [-0.4, -0.2) is 26.1 Å². The highest BCUT2D eigenvalue weighted by Crippen LogP contribution is 2.21. The number of carbonyl (C=O) groups is 1. The summed E-state index contributed by atoms with van der Waals surface area (Å²) >= 11 is 1.13. The molecule has 0 radical (unpaired) electrons. The maximum Gasteiger partial charge on any atom is 0.233 e. The Morgan fingerprint density at radius 3 is 2.26 bits per heavy atom. The maximum atomic E-state index is 12.9. The molecule has 0 aliphatic rings. The number of halogens is 1.